The minimum Gasteiger partial charge on any atom is -0.494 e. The SMILES string of the molecule is COc1cc(C(C)NCC2(CO)CCCC2)ccc1F. The first-order valence-corrected chi connectivity index (χ1v) is 7.28. The van der Waals surface area contributed by atoms with Crippen LogP contribution in [-0.2, 0) is 0 Å². The summed E-state index contributed by atoms with van der Waals surface area (Å²) in [5, 5.41) is 13.1. The third-order valence-electron chi connectivity index (χ3n) is 4.46. The number of hydrogen-bond donors (Lipinski definition) is 2. The van der Waals surface area contributed by atoms with Gasteiger partial charge in [-0.25, -0.2) is 4.39 Å². The maximum atomic E-state index is 13.4. The van der Waals surface area contributed by atoms with Crippen LogP contribution in [0.2, 0.25) is 0 Å². The van der Waals surface area contributed by atoms with Gasteiger partial charge in [0, 0.05) is 24.6 Å². The van der Waals surface area contributed by atoms with Crippen LogP contribution < -0.4 is 10.1 Å². The average molecular weight is 281 g/mol. The normalized spacial score (nSPS) is 19.0. The molecule has 1 atom stereocenters. The second kappa shape index (κ2) is 6.55. The van der Waals surface area contributed by atoms with Gasteiger partial charge in [0.25, 0.3) is 0 Å². The molecule has 112 valence electrons. The molecule has 2 N–H and O–H groups in total. The van der Waals surface area contributed by atoms with Crippen LogP contribution in [0.4, 0.5) is 4.39 Å². The standard InChI is InChI=1S/C16H24FNO2/c1-12(13-5-6-14(17)15(9-13)20-2)18-10-16(11-19)7-3-4-8-16/h5-6,9,12,18-19H,3-4,7-8,10-11H2,1-2H3. The molecular formula is C16H24FNO2. The molecule has 0 heterocycles. The lowest BCUT2D eigenvalue weighted by atomic mass is 9.87. The van der Waals surface area contributed by atoms with Crippen LogP contribution in [0.5, 0.6) is 5.75 Å². The molecule has 20 heavy (non-hydrogen) atoms. The number of aliphatic hydroxyl groups is 1. The van der Waals surface area contributed by atoms with Gasteiger partial charge in [-0.05, 0) is 37.5 Å². The third-order valence-corrected chi connectivity index (χ3v) is 4.46. The zero-order valence-corrected chi connectivity index (χ0v) is 12.3. The molecule has 1 aliphatic carbocycles. The van der Waals surface area contributed by atoms with E-state index in [4.69, 9.17) is 4.74 Å². The van der Waals surface area contributed by atoms with Crippen LogP contribution in [0.3, 0.4) is 0 Å². The largest absolute Gasteiger partial charge is 0.494 e. The summed E-state index contributed by atoms with van der Waals surface area (Å²) in [6, 6.07) is 5.04. The summed E-state index contributed by atoms with van der Waals surface area (Å²) in [5.74, 6) is -0.0695. The van der Waals surface area contributed by atoms with Crippen molar-refractivity contribution >= 4 is 0 Å². The fourth-order valence-corrected chi connectivity index (χ4v) is 2.95. The maximum Gasteiger partial charge on any atom is 0.165 e. The van der Waals surface area contributed by atoms with Crippen LogP contribution in [-0.4, -0.2) is 25.4 Å². The molecule has 4 heteroatoms. The van der Waals surface area contributed by atoms with Crippen molar-refractivity contribution in [3.05, 3.63) is 29.6 Å². The van der Waals surface area contributed by atoms with Gasteiger partial charge in [0.1, 0.15) is 0 Å². The Morgan fingerprint density at radius 1 is 1.40 bits per heavy atom. The zero-order valence-electron chi connectivity index (χ0n) is 12.3. The van der Waals surface area contributed by atoms with Gasteiger partial charge in [0.15, 0.2) is 11.6 Å². The van der Waals surface area contributed by atoms with Gasteiger partial charge in [-0.2, -0.15) is 0 Å². The first-order valence-electron chi connectivity index (χ1n) is 7.28. The molecule has 0 bridgehead atoms. The highest BCUT2D eigenvalue weighted by Crippen LogP contribution is 2.37. The van der Waals surface area contributed by atoms with Crippen molar-refractivity contribution in [2.45, 2.75) is 38.6 Å². The number of benzene rings is 1. The lowest BCUT2D eigenvalue weighted by Gasteiger charge is -2.29. The van der Waals surface area contributed by atoms with E-state index in [-0.39, 0.29) is 29.6 Å². The summed E-state index contributed by atoms with van der Waals surface area (Å²) < 4.78 is 18.4. The molecule has 3 nitrogen and oxygen atoms in total. The van der Waals surface area contributed by atoms with Crippen LogP contribution in [0, 0.1) is 11.2 Å². The molecular weight excluding hydrogens is 257 g/mol. The summed E-state index contributed by atoms with van der Waals surface area (Å²) in [4.78, 5) is 0. The minimum absolute atomic E-state index is 0.0262. The number of methoxy groups -OCH3 is 1. The molecule has 0 saturated heterocycles. The molecule has 0 radical (unpaired) electrons. The van der Waals surface area contributed by atoms with E-state index in [0.29, 0.717) is 0 Å². The highest BCUT2D eigenvalue weighted by Gasteiger charge is 2.33. The Hall–Kier alpha value is -1.13. The summed E-state index contributed by atoms with van der Waals surface area (Å²) in [7, 11) is 1.47. The number of ether oxygens (including phenoxy) is 1. The number of hydrogen-bond acceptors (Lipinski definition) is 3. The highest BCUT2D eigenvalue weighted by atomic mass is 19.1. The predicted octanol–water partition coefficient (Wildman–Crippen LogP) is 3.04. The van der Waals surface area contributed by atoms with E-state index >= 15 is 0 Å². The van der Waals surface area contributed by atoms with Crippen molar-refractivity contribution in [2.24, 2.45) is 5.41 Å². The molecule has 2 rings (SSSR count). The Kier molecular flexibility index (Phi) is 5.00. The third kappa shape index (κ3) is 3.30. The minimum atomic E-state index is -0.342. The topological polar surface area (TPSA) is 41.5 Å². The quantitative estimate of drug-likeness (QED) is 0.842. The van der Waals surface area contributed by atoms with Crippen LogP contribution in [0.15, 0.2) is 18.2 Å². The molecule has 0 aromatic heterocycles. The second-order valence-electron chi connectivity index (χ2n) is 5.86. The van der Waals surface area contributed by atoms with E-state index in [1.807, 2.05) is 6.92 Å². The van der Waals surface area contributed by atoms with Crippen molar-refractivity contribution in [3.8, 4) is 5.75 Å². The van der Waals surface area contributed by atoms with Gasteiger partial charge >= 0.3 is 0 Å². The molecule has 0 spiro atoms. The van der Waals surface area contributed by atoms with Gasteiger partial charge in [-0.15, -0.1) is 0 Å². The molecule has 0 amide bonds. The first kappa shape index (κ1) is 15.3. The first-order chi connectivity index (χ1) is 9.60. The Morgan fingerprint density at radius 2 is 2.10 bits per heavy atom. The Morgan fingerprint density at radius 3 is 2.70 bits per heavy atom. The van der Waals surface area contributed by atoms with Crippen LogP contribution >= 0.6 is 0 Å². The van der Waals surface area contributed by atoms with E-state index in [0.717, 1.165) is 24.9 Å². The Labute approximate surface area is 120 Å². The van der Waals surface area contributed by atoms with E-state index in [1.54, 1.807) is 12.1 Å². The summed E-state index contributed by atoms with van der Waals surface area (Å²) in [5.41, 5.74) is 1.02. The second-order valence-corrected chi connectivity index (χ2v) is 5.86. The lowest BCUT2D eigenvalue weighted by Crippen LogP contribution is -2.36. The number of halogens is 1. The number of aliphatic hydroxyl groups excluding tert-OH is 1. The predicted molar refractivity (Wildman–Crippen MR) is 77.4 cm³/mol. The average Bonchev–Trinajstić information content (AvgIpc) is 2.95. The highest BCUT2D eigenvalue weighted by molar-refractivity contribution is 5.31. The van der Waals surface area contributed by atoms with Gasteiger partial charge in [-0.1, -0.05) is 18.9 Å². The summed E-state index contributed by atoms with van der Waals surface area (Å²) in [6.45, 7) is 3.08. The summed E-state index contributed by atoms with van der Waals surface area (Å²) in [6.07, 6.45) is 4.55. The number of nitrogens with one attached hydrogen (secondary N) is 1. The molecule has 1 aromatic rings. The molecule has 1 unspecified atom stereocenters. The van der Waals surface area contributed by atoms with Crippen LogP contribution in [0.25, 0.3) is 0 Å². The maximum absolute atomic E-state index is 13.4. The van der Waals surface area contributed by atoms with E-state index in [1.165, 1.54) is 26.0 Å². The van der Waals surface area contributed by atoms with Crippen molar-refractivity contribution in [2.75, 3.05) is 20.3 Å². The fraction of sp³-hybridized carbons (Fsp3) is 0.625. The van der Waals surface area contributed by atoms with Crippen molar-refractivity contribution in [1.29, 1.82) is 0 Å². The van der Waals surface area contributed by atoms with Gasteiger partial charge in [0.2, 0.25) is 0 Å². The van der Waals surface area contributed by atoms with E-state index < -0.39 is 0 Å². The van der Waals surface area contributed by atoms with Crippen molar-refractivity contribution in [1.82, 2.24) is 5.32 Å². The van der Waals surface area contributed by atoms with Gasteiger partial charge in [0.05, 0.1) is 7.11 Å². The van der Waals surface area contributed by atoms with Crippen LogP contribution in [0.1, 0.15) is 44.2 Å². The van der Waals surface area contributed by atoms with E-state index in [9.17, 15) is 9.50 Å². The Balaban J connectivity index is 1.99. The monoisotopic (exact) mass is 281 g/mol. The summed E-state index contributed by atoms with van der Waals surface area (Å²) >= 11 is 0. The van der Waals surface area contributed by atoms with Crippen molar-refractivity contribution < 1.29 is 14.2 Å². The molecule has 1 saturated carbocycles. The lowest BCUT2D eigenvalue weighted by molar-refractivity contribution is 0.125. The molecule has 1 aromatic carbocycles. The fourth-order valence-electron chi connectivity index (χ4n) is 2.95. The smallest absolute Gasteiger partial charge is 0.165 e. The van der Waals surface area contributed by atoms with E-state index in [2.05, 4.69) is 5.32 Å². The molecule has 1 aliphatic rings. The Bertz CT molecular complexity index is 444. The zero-order chi connectivity index (χ0) is 14.6. The van der Waals surface area contributed by atoms with Crippen molar-refractivity contribution in [3.63, 3.8) is 0 Å². The van der Waals surface area contributed by atoms with Gasteiger partial charge < -0.3 is 15.2 Å². The van der Waals surface area contributed by atoms with Gasteiger partial charge in [-0.3, -0.25) is 0 Å². The molecule has 0 aliphatic heterocycles. The number of rotatable bonds is 6. The molecule has 1 fully saturated rings.